The first-order valence-electron chi connectivity index (χ1n) is 9.00. The number of alkyl halides is 3. The van der Waals surface area contributed by atoms with Crippen molar-refractivity contribution in [2.75, 3.05) is 11.6 Å². The summed E-state index contributed by atoms with van der Waals surface area (Å²) < 4.78 is 79.3. The molecule has 3 aromatic rings. The van der Waals surface area contributed by atoms with Crippen molar-refractivity contribution >= 4 is 32.9 Å². The average molecular weight is 503 g/mol. The van der Waals surface area contributed by atoms with Gasteiger partial charge in [0, 0.05) is 16.8 Å². The summed E-state index contributed by atoms with van der Waals surface area (Å²) in [6.07, 6.45) is -3.75. The lowest BCUT2D eigenvalue weighted by Crippen LogP contribution is -2.21. The maximum absolute atomic E-state index is 14.3. The fourth-order valence-electron chi connectivity index (χ4n) is 2.78. The van der Waals surface area contributed by atoms with Crippen LogP contribution in [0.5, 0.6) is 11.6 Å². The molecule has 174 valence electrons. The molecule has 33 heavy (non-hydrogen) atoms. The van der Waals surface area contributed by atoms with Gasteiger partial charge in [0.2, 0.25) is 0 Å². The van der Waals surface area contributed by atoms with Crippen LogP contribution >= 0.6 is 11.6 Å². The smallest absolute Gasteiger partial charge is 0.434 e. The molecule has 3 rings (SSSR count). The van der Waals surface area contributed by atoms with E-state index in [-0.39, 0.29) is 15.6 Å². The molecule has 1 aromatic heterocycles. The molecule has 1 heterocycles. The number of rotatable bonds is 5. The van der Waals surface area contributed by atoms with Gasteiger partial charge < -0.3 is 10.1 Å². The molecule has 0 spiro atoms. The number of nitrogens with one attached hydrogen (secondary N) is 2. The van der Waals surface area contributed by atoms with Gasteiger partial charge in [0.15, 0.2) is 17.3 Å². The van der Waals surface area contributed by atoms with E-state index < -0.39 is 56.1 Å². The Labute approximate surface area is 190 Å². The van der Waals surface area contributed by atoms with Crippen LogP contribution in [0, 0.1) is 17.5 Å². The molecule has 0 aliphatic rings. The largest absolute Gasteiger partial charge is 0.435 e. The van der Waals surface area contributed by atoms with Crippen molar-refractivity contribution < 1.29 is 31.3 Å². The summed E-state index contributed by atoms with van der Waals surface area (Å²) in [6, 6.07) is 9.17. The molecule has 1 atom stereocenters. The molecule has 1 unspecified atom stereocenters. The van der Waals surface area contributed by atoms with Crippen LogP contribution in [0.3, 0.4) is 0 Å². The number of carbonyl (C=O) groups excluding carboxylic acids is 1. The van der Waals surface area contributed by atoms with Crippen molar-refractivity contribution in [3.8, 4) is 11.6 Å². The minimum atomic E-state index is -4.93. The van der Waals surface area contributed by atoms with Crippen LogP contribution in [0.25, 0.3) is 0 Å². The number of halogens is 5. The highest BCUT2D eigenvalue weighted by Gasteiger charge is 2.38. The second kappa shape index (κ2) is 8.94. The van der Waals surface area contributed by atoms with Crippen LogP contribution < -0.4 is 10.1 Å². The Morgan fingerprint density at radius 2 is 1.85 bits per heavy atom. The van der Waals surface area contributed by atoms with Crippen LogP contribution in [-0.2, 0) is 15.9 Å². The topological polar surface area (TPSA) is 105 Å². The van der Waals surface area contributed by atoms with Crippen LogP contribution in [0.15, 0.2) is 47.4 Å². The Bertz CT molecular complexity index is 1350. The number of benzene rings is 2. The molecule has 7 nitrogen and oxygen atoms in total. The van der Waals surface area contributed by atoms with Crippen molar-refractivity contribution in [2.45, 2.75) is 18.0 Å². The first kappa shape index (κ1) is 24.4. The van der Waals surface area contributed by atoms with Gasteiger partial charge in [-0.2, -0.15) is 13.2 Å². The van der Waals surface area contributed by atoms with Crippen molar-refractivity contribution in [3.63, 3.8) is 0 Å². The molecular formula is C20H15ClF4N4O3S. The van der Waals surface area contributed by atoms with Gasteiger partial charge in [-0.05, 0) is 42.8 Å². The third kappa shape index (κ3) is 5.40. The lowest BCUT2D eigenvalue weighted by Gasteiger charge is -2.16. The quantitative estimate of drug-likeness (QED) is 0.437. The maximum Gasteiger partial charge on any atom is 0.435 e. The number of hydrogen-bond acceptors (Lipinski definition) is 6. The van der Waals surface area contributed by atoms with Gasteiger partial charge in [-0.25, -0.2) is 13.4 Å². The minimum absolute atomic E-state index is 0.0592. The zero-order valence-electron chi connectivity index (χ0n) is 17.0. The molecule has 0 bridgehead atoms. The van der Waals surface area contributed by atoms with Crippen molar-refractivity contribution in [1.82, 2.24) is 10.2 Å². The number of amides is 1. The van der Waals surface area contributed by atoms with E-state index in [0.717, 1.165) is 13.0 Å². The summed E-state index contributed by atoms with van der Waals surface area (Å²) in [5, 5.41) is 8.49. The number of ether oxygens (including phenoxy) is 1. The van der Waals surface area contributed by atoms with E-state index in [1.54, 1.807) is 0 Å². The molecule has 0 fully saturated rings. The Balaban J connectivity index is 2.09. The first-order chi connectivity index (χ1) is 15.3. The first-order valence-corrected chi connectivity index (χ1v) is 11.3. The maximum atomic E-state index is 14.3. The highest BCUT2D eigenvalue weighted by atomic mass is 35.5. The lowest BCUT2D eigenvalue weighted by atomic mass is 10.1. The van der Waals surface area contributed by atoms with Crippen molar-refractivity contribution in [1.29, 1.82) is 4.78 Å². The second-order valence-corrected chi connectivity index (χ2v) is 9.40. The molecule has 0 saturated carbocycles. The number of aromatic nitrogens is 2. The third-order valence-corrected chi connectivity index (χ3v) is 5.79. The monoisotopic (exact) mass is 502 g/mol. The summed E-state index contributed by atoms with van der Waals surface area (Å²) in [5.74, 6) is -3.25. The molecule has 0 saturated heterocycles. The van der Waals surface area contributed by atoms with Gasteiger partial charge in [0.05, 0.1) is 14.8 Å². The lowest BCUT2D eigenvalue weighted by molar-refractivity contribution is -0.142. The molecular weight excluding hydrogens is 488 g/mol. The second-order valence-electron chi connectivity index (χ2n) is 6.83. The molecule has 2 N–H and O–H groups in total. The van der Waals surface area contributed by atoms with Gasteiger partial charge in [-0.1, -0.05) is 23.7 Å². The fourth-order valence-corrected chi connectivity index (χ4v) is 3.64. The molecule has 0 aliphatic heterocycles. The van der Waals surface area contributed by atoms with Crippen LogP contribution in [-0.4, -0.2) is 26.6 Å². The van der Waals surface area contributed by atoms with Crippen LogP contribution in [0.2, 0.25) is 5.02 Å². The molecule has 2 aromatic carbocycles. The van der Waals surface area contributed by atoms with E-state index in [0.29, 0.717) is 0 Å². The number of nitrogens with zero attached hydrogens (tertiary/aromatic N) is 2. The van der Waals surface area contributed by atoms with E-state index in [1.165, 1.54) is 42.7 Å². The van der Waals surface area contributed by atoms with Gasteiger partial charge in [0.1, 0.15) is 5.56 Å². The summed E-state index contributed by atoms with van der Waals surface area (Å²) in [6.45, 7) is 0.993. The summed E-state index contributed by atoms with van der Waals surface area (Å²) in [5.41, 5.74) is -2.62. The summed E-state index contributed by atoms with van der Waals surface area (Å²) >= 11 is 5.70. The van der Waals surface area contributed by atoms with Crippen molar-refractivity contribution in [3.05, 3.63) is 70.1 Å². The van der Waals surface area contributed by atoms with Gasteiger partial charge in [-0.15, -0.1) is 10.2 Å². The Morgan fingerprint density at radius 1 is 1.18 bits per heavy atom. The normalized spacial score (nSPS) is 13.3. The van der Waals surface area contributed by atoms with Gasteiger partial charge >= 0.3 is 6.18 Å². The van der Waals surface area contributed by atoms with Crippen molar-refractivity contribution in [2.24, 2.45) is 0 Å². The number of anilines is 1. The number of carbonyl (C=O) groups is 1. The van der Waals surface area contributed by atoms with Crippen LogP contribution in [0.4, 0.5) is 23.2 Å². The van der Waals surface area contributed by atoms with E-state index in [9.17, 15) is 26.6 Å². The number of hydrogen-bond donors (Lipinski definition) is 2. The predicted octanol–water partition coefficient (Wildman–Crippen LogP) is 5.68. The standard InChI is InChI=1S/C20H15ClF4N4O3S/c1-10-15(18(30)27-11-5-3-6-12(9-11)33(2,26)31)19(29-28-17(10)20(23,24)25)32-14-8-4-7-13(21)16(14)22/h3-9,26H,1-2H3,(H,27,30). The van der Waals surface area contributed by atoms with E-state index in [1.807, 2.05) is 0 Å². The average Bonchev–Trinajstić information content (AvgIpc) is 2.70. The van der Waals surface area contributed by atoms with Crippen LogP contribution in [0.1, 0.15) is 21.6 Å². The summed E-state index contributed by atoms with van der Waals surface area (Å²) in [4.78, 5) is 13.1. The highest BCUT2D eigenvalue weighted by molar-refractivity contribution is 7.91. The van der Waals surface area contributed by atoms with E-state index >= 15 is 0 Å². The predicted molar refractivity (Wildman–Crippen MR) is 113 cm³/mol. The van der Waals surface area contributed by atoms with E-state index in [4.69, 9.17) is 21.1 Å². The Kier molecular flexibility index (Phi) is 6.61. The van der Waals surface area contributed by atoms with Gasteiger partial charge in [0.25, 0.3) is 11.8 Å². The fraction of sp³-hybridized carbons (Fsp3) is 0.150. The molecule has 0 radical (unpaired) electrons. The zero-order valence-corrected chi connectivity index (χ0v) is 18.5. The molecule has 1 amide bonds. The Morgan fingerprint density at radius 3 is 2.48 bits per heavy atom. The highest BCUT2D eigenvalue weighted by Crippen LogP contribution is 2.36. The Hall–Kier alpha value is -3.25. The summed E-state index contributed by atoms with van der Waals surface area (Å²) in [7, 11) is -3.12. The third-order valence-electron chi connectivity index (χ3n) is 4.34. The van der Waals surface area contributed by atoms with E-state index in [2.05, 4.69) is 15.5 Å². The molecule has 0 aliphatic carbocycles. The minimum Gasteiger partial charge on any atom is -0.434 e. The zero-order chi connectivity index (χ0) is 24.6. The van der Waals surface area contributed by atoms with Gasteiger partial charge in [-0.3, -0.25) is 4.79 Å². The SMILES string of the molecule is Cc1c(C(F)(F)F)nnc(Oc2cccc(Cl)c2F)c1C(=O)Nc1cccc(S(C)(=N)=O)c1. The molecule has 13 heteroatoms.